The van der Waals surface area contributed by atoms with Crippen LogP contribution in [0.15, 0.2) is 84.9 Å². The van der Waals surface area contributed by atoms with Gasteiger partial charge in [0.15, 0.2) is 0 Å². The zero-order valence-corrected chi connectivity index (χ0v) is 27.1. The van der Waals surface area contributed by atoms with Gasteiger partial charge in [-0.3, -0.25) is 0 Å². The van der Waals surface area contributed by atoms with Crippen LogP contribution in [-0.2, 0) is 21.7 Å². The summed E-state index contributed by atoms with van der Waals surface area (Å²) in [5, 5.41) is 0. The molecule has 4 aromatic rings. The molecular formula is C40H50. The van der Waals surface area contributed by atoms with Crippen LogP contribution in [0.4, 0.5) is 0 Å². The third-order valence-corrected chi connectivity index (χ3v) is 8.11. The van der Waals surface area contributed by atoms with Crippen LogP contribution in [0.1, 0.15) is 105 Å². The van der Waals surface area contributed by atoms with Gasteiger partial charge in [-0.25, -0.2) is 0 Å². The van der Waals surface area contributed by atoms with Gasteiger partial charge >= 0.3 is 0 Å². The molecule has 0 nitrogen and oxygen atoms in total. The van der Waals surface area contributed by atoms with E-state index in [-0.39, 0.29) is 21.7 Å². The van der Waals surface area contributed by atoms with Crippen LogP contribution in [0.25, 0.3) is 33.4 Å². The van der Waals surface area contributed by atoms with Crippen molar-refractivity contribution in [3.05, 3.63) is 107 Å². The van der Waals surface area contributed by atoms with E-state index in [1.807, 2.05) is 0 Å². The van der Waals surface area contributed by atoms with E-state index in [1.165, 1.54) is 55.6 Å². The van der Waals surface area contributed by atoms with Crippen LogP contribution in [0.2, 0.25) is 0 Å². The maximum atomic E-state index is 2.45. The highest BCUT2D eigenvalue weighted by Crippen LogP contribution is 2.45. The van der Waals surface area contributed by atoms with E-state index in [4.69, 9.17) is 0 Å². The fourth-order valence-corrected chi connectivity index (χ4v) is 5.64. The first kappa shape index (κ1) is 29.9. The van der Waals surface area contributed by atoms with Crippen molar-refractivity contribution in [3.63, 3.8) is 0 Å². The molecule has 0 saturated heterocycles. The standard InChI is InChI=1S/C40H50/c1-37(2,3)27-21-23-33(35(25-27)39(7,8)9)31-19-15-13-17-29(31)30-18-14-16-20-32(30)34-24-22-28(38(4,5)6)26-36(34)40(10,11)12/h13-26H,1-12H3. The summed E-state index contributed by atoms with van der Waals surface area (Å²) in [6.45, 7) is 27.8. The minimum atomic E-state index is 0.0193. The molecule has 0 heterocycles. The molecule has 40 heavy (non-hydrogen) atoms. The lowest BCUT2D eigenvalue weighted by Gasteiger charge is -2.29. The van der Waals surface area contributed by atoms with Crippen molar-refractivity contribution in [2.45, 2.75) is 105 Å². The van der Waals surface area contributed by atoms with Crippen molar-refractivity contribution in [2.75, 3.05) is 0 Å². The quantitative estimate of drug-likeness (QED) is 0.247. The number of hydrogen-bond donors (Lipinski definition) is 0. The summed E-state index contributed by atoms with van der Waals surface area (Å²) in [7, 11) is 0. The van der Waals surface area contributed by atoms with Crippen LogP contribution in [0, 0.1) is 0 Å². The summed E-state index contributed by atoms with van der Waals surface area (Å²) < 4.78 is 0. The van der Waals surface area contributed by atoms with Crippen LogP contribution in [0.5, 0.6) is 0 Å². The highest BCUT2D eigenvalue weighted by Gasteiger charge is 2.26. The topological polar surface area (TPSA) is 0 Å². The average Bonchev–Trinajstić information content (AvgIpc) is 2.86. The number of rotatable bonds is 3. The first-order chi connectivity index (χ1) is 18.4. The number of benzene rings is 4. The van der Waals surface area contributed by atoms with E-state index < -0.39 is 0 Å². The summed E-state index contributed by atoms with van der Waals surface area (Å²) >= 11 is 0. The van der Waals surface area contributed by atoms with Gasteiger partial charge in [-0.05, 0) is 77.3 Å². The van der Waals surface area contributed by atoms with E-state index in [0.717, 1.165) is 0 Å². The van der Waals surface area contributed by atoms with Crippen molar-refractivity contribution in [3.8, 4) is 33.4 Å². The lowest BCUT2D eigenvalue weighted by molar-refractivity contribution is 0.569. The summed E-state index contributed by atoms with van der Waals surface area (Å²) in [6.07, 6.45) is 0. The summed E-state index contributed by atoms with van der Waals surface area (Å²) in [5.74, 6) is 0. The molecule has 0 atom stereocenters. The molecule has 0 aliphatic heterocycles. The fourth-order valence-electron chi connectivity index (χ4n) is 5.64. The fraction of sp³-hybridized carbons (Fsp3) is 0.400. The Labute approximate surface area is 244 Å². The Balaban J connectivity index is 2.00. The van der Waals surface area contributed by atoms with Crippen molar-refractivity contribution >= 4 is 0 Å². The molecule has 0 aromatic heterocycles. The molecule has 0 fully saturated rings. The monoisotopic (exact) mass is 530 g/mol. The molecule has 0 N–H and O–H groups in total. The summed E-state index contributed by atoms with van der Waals surface area (Å²) in [4.78, 5) is 0. The molecule has 0 saturated carbocycles. The highest BCUT2D eigenvalue weighted by atomic mass is 14.3. The second-order valence-electron chi connectivity index (χ2n) is 15.6. The Hall–Kier alpha value is -3.12. The van der Waals surface area contributed by atoms with E-state index in [1.54, 1.807) is 0 Å². The van der Waals surface area contributed by atoms with Crippen molar-refractivity contribution in [2.24, 2.45) is 0 Å². The highest BCUT2D eigenvalue weighted by molar-refractivity contribution is 5.93. The van der Waals surface area contributed by atoms with Gasteiger partial charge < -0.3 is 0 Å². The van der Waals surface area contributed by atoms with Gasteiger partial charge in [0.2, 0.25) is 0 Å². The minimum Gasteiger partial charge on any atom is -0.0616 e. The zero-order chi connectivity index (χ0) is 29.7. The van der Waals surface area contributed by atoms with E-state index in [0.29, 0.717) is 0 Å². The Morgan fingerprint density at radius 1 is 0.300 bits per heavy atom. The normalized spacial score (nSPS) is 13.0. The molecule has 0 aliphatic carbocycles. The average molecular weight is 531 g/mol. The Morgan fingerprint density at radius 2 is 0.575 bits per heavy atom. The summed E-state index contributed by atoms with van der Waals surface area (Å²) in [5.41, 5.74) is 13.6. The Bertz CT molecular complexity index is 1380. The predicted molar refractivity (Wildman–Crippen MR) is 178 cm³/mol. The predicted octanol–water partition coefficient (Wildman–Crippen LogP) is 11.9. The smallest absolute Gasteiger partial charge is 0.00991 e. The largest absolute Gasteiger partial charge is 0.0616 e. The first-order valence-electron chi connectivity index (χ1n) is 14.9. The molecule has 0 spiro atoms. The maximum absolute atomic E-state index is 2.45. The minimum absolute atomic E-state index is 0.0193. The van der Waals surface area contributed by atoms with Crippen LogP contribution in [0.3, 0.4) is 0 Å². The van der Waals surface area contributed by atoms with Gasteiger partial charge in [0.1, 0.15) is 0 Å². The second kappa shape index (κ2) is 10.4. The molecule has 0 radical (unpaired) electrons. The molecule has 4 aromatic carbocycles. The molecule has 0 aliphatic rings. The Morgan fingerprint density at radius 3 is 0.825 bits per heavy atom. The zero-order valence-electron chi connectivity index (χ0n) is 27.1. The molecule has 210 valence electrons. The molecular weight excluding hydrogens is 480 g/mol. The lowest BCUT2D eigenvalue weighted by Crippen LogP contribution is -2.17. The van der Waals surface area contributed by atoms with Crippen LogP contribution in [-0.4, -0.2) is 0 Å². The van der Waals surface area contributed by atoms with Gasteiger partial charge in [-0.2, -0.15) is 0 Å². The van der Waals surface area contributed by atoms with E-state index in [9.17, 15) is 0 Å². The van der Waals surface area contributed by atoms with E-state index in [2.05, 4.69) is 168 Å². The molecule has 0 unspecified atom stereocenters. The van der Waals surface area contributed by atoms with E-state index >= 15 is 0 Å². The van der Waals surface area contributed by atoms with Gasteiger partial charge in [0, 0.05) is 0 Å². The van der Waals surface area contributed by atoms with Gasteiger partial charge in [-0.1, -0.05) is 168 Å². The number of hydrogen-bond acceptors (Lipinski definition) is 0. The van der Waals surface area contributed by atoms with Gasteiger partial charge in [-0.15, -0.1) is 0 Å². The SMILES string of the molecule is CC(C)(C)c1ccc(-c2ccccc2-c2ccccc2-c2ccc(C(C)(C)C)cc2C(C)(C)C)c(C(C)(C)C)c1. The lowest BCUT2D eigenvalue weighted by atomic mass is 9.75. The Kier molecular flexibility index (Phi) is 7.74. The maximum Gasteiger partial charge on any atom is -0.00991 e. The third-order valence-electron chi connectivity index (χ3n) is 8.11. The van der Waals surface area contributed by atoms with Crippen LogP contribution < -0.4 is 0 Å². The first-order valence-corrected chi connectivity index (χ1v) is 14.9. The second-order valence-corrected chi connectivity index (χ2v) is 15.6. The molecule has 0 amide bonds. The van der Waals surface area contributed by atoms with Crippen molar-refractivity contribution in [1.82, 2.24) is 0 Å². The molecule has 0 bridgehead atoms. The van der Waals surface area contributed by atoms with Crippen molar-refractivity contribution < 1.29 is 0 Å². The summed E-state index contributed by atoms with van der Waals surface area (Å²) in [6, 6.07) is 32.2. The van der Waals surface area contributed by atoms with Crippen LogP contribution >= 0.6 is 0 Å². The van der Waals surface area contributed by atoms with Gasteiger partial charge in [0.05, 0.1) is 0 Å². The van der Waals surface area contributed by atoms with Gasteiger partial charge in [0.25, 0.3) is 0 Å². The third kappa shape index (κ3) is 6.12. The molecule has 4 rings (SSSR count). The van der Waals surface area contributed by atoms with Crippen molar-refractivity contribution in [1.29, 1.82) is 0 Å². The molecule has 0 heteroatoms.